The molecule has 3 aromatic rings. The van der Waals surface area contributed by atoms with Crippen LogP contribution in [-0.2, 0) is 29.0 Å². The number of rotatable bonds is 10. The smallest absolute Gasteiger partial charge is 0.243 e. The highest BCUT2D eigenvalue weighted by molar-refractivity contribution is 5.89. The summed E-state index contributed by atoms with van der Waals surface area (Å²) in [7, 11) is 0. The molecule has 0 saturated carbocycles. The van der Waals surface area contributed by atoms with Crippen LogP contribution in [0.3, 0.4) is 0 Å². The molecule has 2 amide bonds. The zero-order valence-electron chi connectivity index (χ0n) is 21.7. The Morgan fingerprint density at radius 2 is 1.54 bits per heavy atom. The molecule has 0 bridgehead atoms. The minimum absolute atomic E-state index is 0.0384. The molecular weight excluding hydrogens is 432 g/mol. The maximum absolute atomic E-state index is 13.8. The molecule has 4 heteroatoms. The first-order chi connectivity index (χ1) is 16.8. The lowest BCUT2D eigenvalue weighted by atomic mass is 9.99. The van der Waals surface area contributed by atoms with Gasteiger partial charge in [0, 0.05) is 19.0 Å². The number of hydrogen-bond donors (Lipinski definition) is 1. The maximum atomic E-state index is 13.8. The number of carbonyl (C=O) groups excluding carboxylic acids is 2. The number of nitrogens with zero attached hydrogens (tertiary/aromatic N) is 1. The van der Waals surface area contributed by atoms with E-state index in [1.807, 2.05) is 75.4 Å². The molecular formula is C31H38N2O2. The van der Waals surface area contributed by atoms with Crippen molar-refractivity contribution in [2.45, 2.75) is 72.5 Å². The van der Waals surface area contributed by atoms with Crippen molar-refractivity contribution in [1.82, 2.24) is 10.2 Å². The van der Waals surface area contributed by atoms with E-state index >= 15 is 0 Å². The van der Waals surface area contributed by atoms with E-state index in [0.717, 1.165) is 34.2 Å². The molecule has 0 saturated heterocycles. The summed E-state index contributed by atoms with van der Waals surface area (Å²) in [6, 6.07) is 23.7. The Morgan fingerprint density at radius 3 is 2.20 bits per heavy atom. The average Bonchev–Trinajstić information content (AvgIpc) is 2.84. The predicted octanol–water partition coefficient (Wildman–Crippen LogP) is 5.71. The van der Waals surface area contributed by atoms with Gasteiger partial charge in [0.05, 0.1) is 6.42 Å². The van der Waals surface area contributed by atoms with Crippen LogP contribution in [0.4, 0.5) is 0 Å². The van der Waals surface area contributed by atoms with Crippen molar-refractivity contribution in [2.75, 3.05) is 0 Å². The largest absolute Gasteiger partial charge is 0.352 e. The van der Waals surface area contributed by atoms with Gasteiger partial charge in [-0.1, -0.05) is 85.3 Å². The van der Waals surface area contributed by atoms with E-state index in [-0.39, 0.29) is 24.3 Å². The number of amides is 2. The van der Waals surface area contributed by atoms with Crippen LogP contribution in [0.1, 0.15) is 53.6 Å². The summed E-state index contributed by atoms with van der Waals surface area (Å²) < 4.78 is 0. The second-order valence-electron chi connectivity index (χ2n) is 9.63. The zero-order valence-corrected chi connectivity index (χ0v) is 21.7. The minimum atomic E-state index is -0.606. The fourth-order valence-corrected chi connectivity index (χ4v) is 4.19. The summed E-state index contributed by atoms with van der Waals surface area (Å²) >= 11 is 0. The molecule has 0 spiro atoms. The molecule has 2 atom stereocenters. The first-order valence-electron chi connectivity index (χ1n) is 12.5. The molecule has 0 aliphatic rings. The van der Waals surface area contributed by atoms with E-state index in [4.69, 9.17) is 0 Å². The summed E-state index contributed by atoms with van der Waals surface area (Å²) in [5.74, 6) is -0.153. The van der Waals surface area contributed by atoms with E-state index < -0.39 is 6.04 Å². The summed E-state index contributed by atoms with van der Waals surface area (Å²) in [5.41, 5.74) is 6.52. The van der Waals surface area contributed by atoms with E-state index in [1.165, 1.54) is 5.56 Å². The topological polar surface area (TPSA) is 49.4 Å². The highest BCUT2D eigenvalue weighted by atomic mass is 16.2. The number of carbonyl (C=O) groups is 2. The van der Waals surface area contributed by atoms with Gasteiger partial charge in [-0.25, -0.2) is 0 Å². The Morgan fingerprint density at radius 1 is 0.829 bits per heavy atom. The standard InChI is InChI=1S/C31H38N2O2/c1-6-25(5)32-31(35)29(19-26-12-8-7-9-13-26)33(21-28-14-10-11-22(2)17-28)30(34)20-27-16-15-23(3)24(4)18-27/h7-18,25,29H,6,19-21H2,1-5H3,(H,32,35)/t25-,29+/m0/s1. The molecule has 0 aliphatic carbocycles. The lowest BCUT2D eigenvalue weighted by Gasteiger charge is -2.32. The molecule has 3 aromatic carbocycles. The fourth-order valence-electron chi connectivity index (χ4n) is 4.19. The van der Waals surface area contributed by atoms with Crippen molar-refractivity contribution >= 4 is 11.8 Å². The third kappa shape index (κ3) is 7.54. The second-order valence-corrected chi connectivity index (χ2v) is 9.63. The molecule has 0 aliphatic heterocycles. The van der Waals surface area contributed by atoms with E-state index in [0.29, 0.717) is 13.0 Å². The molecule has 0 heterocycles. The quantitative estimate of drug-likeness (QED) is 0.413. The van der Waals surface area contributed by atoms with Crippen molar-refractivity contribution in [3.63, 3.8) is 0 Å². The monoisotopic (exact) mass is 470 g/mol. The van der Waals surface area contributed by atoms with E-state index in [9.17, 15) is 9.59 Å². The first kappa shape index (κ1) is 26.2. The van der Waals surface area contributed by atoms with Gasteiger partial charge in [-0.3, -0.25) is 9.59 Å². The van der Waals surface area contributed by atoms with Crippen LogP contribution in [0.15, 0.2) is 72.8 Å². The van der Waals surface area contributed by atoms with Crippen LogP contribution in [-0.4, -0.2) is 28.8 Å². The van der Waals surface area contributed by atoms with Crippen molar-refractivity contribution in [3.8, 4) is 0 Å². The Hall–Kier alpha value is -3.40. The van der Waals surface area contributed by atoms with Crippen LogP contribution >= 0.6 is 0 Å². The second kappa shape index (κ2) is 12.3. The lowest BCUT2D eigenvalue weighted by Crippen LogP contribution is -2.52. The third-order valence-corrected chi connectivity index (χ3v) is 6.63. The molecule has 0 radical (unpaired) electrons. The number of nitrogens with one attached hydrogen (secondary N) is 1. The van der Waals surface area contributed by atoms with Gasteiger partial charge >= 0.3 is 0 Å². The maximum Gasteiger partial charge on any atom is 0.243 e. The molecule has 0 fully saturated rings. The van der Waals surface area contributed by atoms with Gasteiger partial charge < -0.3 is 10.2 Å². The van der Waals surface area contributed by atoms with Crippen LogP contribution in [0.25, 0.3) is 0 Å². The average molecular weight is 471 g/mol. The number of aryl methyl sites for hydroxylation is 3. The van der Waals surface area contributed by atoms with Crippen molar-refractivity contribution in [2.24, 2.45) is 0 Å². The summed E-state index contributed by atoms with van der Waals surface area (Å²) in [6.45, 7) is 10.6. The minimum Gasteiger partial charge on any atom is -0.352 e. The van der Waals surface area contributed by atoms with Crippen LogP contribution in [0.5, 0.6) is 0 Å². The van der Waals surface area contributed by atoms with E-state index in [1.54, 1.807) is 4.90 Å². The highest BCUT2D eigenvalue weighted by Gasteiger charge is 2.31. The summed E-state index contributed by atoms with van der Waals surface area (Å²) in [5, 5.41) is 3.13. The molecule has 3 rings (SSSR count). The van der Waals surface area contributed by atoms with E-state index in [2.05, 4.69) is 37.4 Å². The first-order valence-corrected chi connectivity index (χ1v) is 12.5. The van der Waals surface area contributed by atoms with Crippen molar-refractivity contribution in [3.05, 3.63) is 106 Å². The molecule has 4 nitrogen and oxygen atoms in total. The van der Waals surface area contributed by atoms with Gasteiger partial charge in [0.15, 0.2) is 0 Å². The Kier molecular flexibility index (Phi) is 9.25. The summed E-state index contributed by atoms with van der Waals surface area (Å²) in [6.07, 6.45) is 1.56. The highest BCUT2D eigenvalue weighted by Crippen LogP contribution is 2.18. The van der Waals surface area contributed by atoms with Gasteiger partial charge in [0.25, 0.3) is 0 Å². The van der Waals surface area contributed by atoms with Gasteiger partial charge in [-0.15, -0.1) is 0 Å². The van der Waals surface area contributed by atoms with Gasteiger partial charge in [0.2, 0.25) is 11.8 Å². The SMILES string of the molecule is CC[C@H](C)NC(=O)[C@@H](Cc1ccccc1)N(Cc1cccc(C)c1)C(=O)Cc1ccc(C)c(C)c1. The lowest BCUT2D eigenvalue weighted by molar-refractivity contribution is -0.141. The molecule has 1 N–H and O–H groups in total. The normalized spacial score (nSPS) is 12.6. The molecule has 0 aromatic heterocycles. The Bertz CT molecular complexity index is 1140. The van der Waals surface area contributed by atoms with Crippen LogP contribution in [0, 0.1) is 20.8 Å². The van der Waals surface area contributed by atoms with Crippen LogP contribution in [0.2, 0.25) is 0 Å². The number of hydrogen-bond acceptors (Lipinski definition) is 2. The molecule has 184 valence electrons. The fraction of sp³-hybridized carbons (Fsp3) is 0.355. The number of benzene rings is 3. The zero-order chi connectivity index (χ0) is 25.4. The van der Waals surface area contributed by atoms with Crippen molar-refractivity contribution < 1.29 is 9.59 Å². The van der Waals surface area contributed by atoms with Crippen LogP contribution < -0.4 is 5.32 Å². The Balaban J connectivity index is 1.98. The van der Waals surface area contributed by atoms with Crippen molar-refractivity contribution in [1.29, 1.82) is 0 Å². The van der Waals surface area contributed by atoms with Gasteiger partial charge in [-0.05, 0) is 61.9 Å². The van der Waals surface area contributed by atoms with Gasteiger partial charge in [-0.2, -0.15) is 0 Å². The molecule has 0 unspecified atom stereocenters. The third-order valence-electron chi connectivity index (χ3n) is 6.63. The Labute approximate surface area is 210 Å². The molecule has 35 heavy (non-hydrogen) atoms. The van der Waals surface area contributed by atoms with Gasteiger partial charge in [0.1, 0.15) is 6.04 Å². The predicted molar refractivity (Wildman–Crippen MR) is 143 cm³/mol. The summed E-state index contributed by atoms with van der Waals surface area (Å²) in [4.78, 5) is 29.2.